The first-order valence-electron chi connectivity index (χ1n) is 6.30. The van der Waals surface area contributed by atoms with Crippen LogP contribution in [0.1, 0.15) is 12.5 Å². The predicted molar refractivity (Wildman–Crippen MR) is 83.8 cm³/mol. The zero-order valence-electron chi connectivity index (χ0n) is 11.5. The zero-order chi connectivity index (χ0) is 14.5. The molecule has 0 spiro atoms. The predicted octanol–water partition coefficient (Wildman–Crippen LogP) is 3.09. The van der Waals surface area contributed by atoms with Crippen molar-refractivity contribution in [2.24, 2.45) is 0 Å². The molecule has 20 heavy (non-hydrogen) atoms. The Morgan fingerprint density at radius 3 is 2.70 bits per heavy atom. The average Bonchev–Trinajstić information content (AvgIpc) is 2.44. The Kier molecular flexibility index (Phi) is 4.63. The van der Waals surface area contributed by atoms with Crippen LogP contribution < -0.4 is 11.1 Å². The number of pyridine rings is 1. The van der Waals surface area contributed by atoms with E-state index in [1.54, 1.807) is 18.5 Å². The van der Waals surface area contributed by atoms with Gasteiger partial charge < -0.3 is 11.1 Å². The van der Waals surface area contributed by atoms with Crippen molar-refractivity contribution >= 4 is 29.0 Å². The summed E-state index contributed by atoms with van der Waals surface area (Å²) in [5.41, 5.74) is 8.13. The van der Waals surface area contributed by atoms with E-state index in [1.807, 2.05) is 38.1 Å². The maximum atomic E-state index is 12.2. The van der Waals surface area contributed by atoms with Crippen LogP contribution in [0.25, 0.3) is 0 Å². The van der Waals surface area contributed by atoms with Gasteiger partial charge in [-0.3, -0.25) is 9.78 Å². The molecule has 1 aromatic heterocycles. The van der Waals surface area contributed by atoms with Gasteiger partial charge in [0.25, 0.3) is 0 Å². The van der Waals surface area contributed by atoms with Crippen molar-refractivity contribution in [3.05, 3.63) is 48.3 Å². The van der Waals surface area contributed by atoms with Crippen LogP contribution in [-0.2, 0) is 4.79 Å². The molecule has 104 valence electrons. The SMILES string of the molecule is Cc1ccc(N)cc1NC(=O)C(C)Sc1ccncc1. The molecule has 0 fully saturated rings. The Balaban J connectivity index is 2.02. The van der Waals surface area contributed by atoms with E-state index in [0.717, 1.165) is 16.1 Å². The molecule has 2 aromatic rings. The molecular formula is C15H17N3OS. The zero-order valence-corrected chi connectivity index (χ0v) is 12.3. The summed E-state index contributed by atoms with van der Waals surface area (Å²) in [5, 5.41) is 2.72. The maximum Gasteiger partial charge on any atom is 0.237 e. The van der Waals surface area contributed by atoms with Crippen molar-refractivity contribution in [3.63, 3.8) is 0 Å². The van der Waals surface area contributed by atoms with Crippen molar-refractivity contribution in [2.45, 2.75) is 24.0 Å². The minimum absolute atomic E-state index is 0.0412. The third-order valence-electron chi connectivity index (χ3n) is 2.85. The summed E-state index contributed by atoms with van der Waals surface area (Å²) in [6.45, 7) is 3.82. The number of hydrogen-bond acceptors (Lipinski definition) is 4. The summed E-state index contributed by atoms with van der Waals surface area (Å²) in [5.74, 6) is -0.0412. The topological polar surface area (TPSA) is 68.0 Å². The first-order valence-corrected chi connectivity index (χ1v) is 7.18. The van der Waals surface area contributed by atoms with Gasteiger partial charge in [0.1, 0.15) is 0 Å². The summed E-state index contributed by atoms with van der Waals surface area (Å²) in [6, 6.07) is 9.27. The number of carbonyl (C=O) groups is 1. The summed E-state index contributed by atoms with van der Waals surface area (Å²) in [7, 11) is 0. The lowest BCUT2D eigenvalue weighted by atomic mass is 10.2. The van der Waals surface area contributed by atoms with Gasteiger partial charge in [0.15, 0.2) is 0 Å². The second-order valence-electron chi connectivity index (χ2n) is 4.51. The molecule has 0 aliphatic heterocycles. The highest BCUT2D eigenvalue weighted by Crippen LogP contribution is 2.24. The van der Waals surface area contributed by atoms with Gasteiger partial charge in [-0.1, -0.05) is 6.07 Å². The number of aromatic nitrogens is 1. The van der Waals surface area contributed by atoms with Crippen LogP contribution in [-0.4, -0.2) is 16.1 Å². The standard InChI is InChI=1S/C15H17N3OS/c1-10-3-4-12(16)9-14(10)18-15(19)11(2)20-13-5-7-17-8-6-13/h3-9,11H,16H2,1-2H3,(H,18,19). The number of nitrogens with zero attached hydrogens (tertiary/aromatic N) is 1. The van der Waals surface area contributed by atoms with E-state index >= 15 is 0 Å². The lowest BCUT2D eigenvalue weighted by molar-refractivity contribution is -0.115. The van der Waals surface area contributed by atoms with Crippen molar-refractivity contribution < 1.29 is 4.79 Å². The Hall–Kier alpha value is -2.01. The van der Waals surface area contributed by atoms with E-state index in [-0.39, 0.29) is 11.2 Å². The molecule has 0 saturated heterocycles. The summed E-state index contributed by atoms with van der Waals surface area (Å²) in [4.78, 5) is 17.2. The van der Waals surface area contributed by atoms with Gasteiger partial charge in [-0.15, -0.1) is 11.8 Å². The molecular weight excluding hydrogens is 270 g/mol. The van der Waals surface area contributed by atoms with Crippen LogP contribution in [0.15, 0.2) is 47.6 Å². The van der Waals surface area contributed by atoms with Crippen molar-refractivity contribution in [1.82, 2.24) is 4.98 Å². The van der Waals surface area contributed by atoms with E-state index in [9.17, 15) is 4.79 Å². The van der Waals surface area contributed by atoms with E-state index in [4.69, 9.17) is 5.73 Å². The van der Waals surface area contributed by atoms with E-state index in [2.05, 4.69) is 10.3 Å². The summed E-state index contributed by atoms with van der Waals surface area (Å²) in [6.07, 6.45) is 3.43. The number of rotatable bonds is 4. The molecule has 0 saturated carbocycles. The first kappa shape index (κ1) is 14.4. The normalized spacial score (nSPS) is 11.9. The molecule has 3 N–H and O–H groups in total. The number of benzene rings is 1. The second-order valence-corrected chi connectivity index (χ2v) is 5.92. The number of anilines is 2. The molecule has 1 aromatic carbocycles. The smallest absolute Gasteiger partial charge is 0.237 e. The van der Waals surface area contributed by atoms with Gasteiger partial charge in [0.05, 0.1) is 5.25 Å². The number of amides is 1. The van der Waals surface area contributed by atoms with Crippen molar-refractivity contribution in [1.29, 1.82) is 0 Å². The Morgan fingerprint density at radius 2 is 2.00 bits per heavy atom. The van der Waals surface area contributed by atoms with Gasteiger partial charge in [0, 0.05) is 28.7 Å². The van der Waals surface area contributed by atoms with Crippen LogP contribution >= 0.6 is 11.8 Å². The molecule has 0 aliphatic rings. The lowest BCUT2D eigenvalue weighted by Crippen LogP contribution is -2.22. The van der Waals surface area contributed by atoms with Crippen molar-refractivity contribution in [3.8, 4) is 0 Å². The third kappa shape index (κ3) is 3.74. The highest BCUT2D eigenvalue weighted by molar-refractivity contribution is 8.00. The Labute approximate surface area is 122 Å². The fourth-order valence-electron chi connectivity index (χ4n) is 1.68. The van der Waals surface area contributed by atoms with Gasteiger partial charge in [0.2, 0.25) is 5.91 Å². The average molecular weight is 287 g/mol. The van der Waals surface area contributed by atoms with Crippen LogP contribution in [0.2, 0.25) is 0 Å². The summed E-state index contributed by atoms with van der Waals surface area (Å²) >= 11 is 1.50. The third-order valence-corrected chi connectivity index (χ3v) is 3.96. The maximum absolute atomic E-state index is 12.2. The molecule has 2 rings (SSSR count). The molecule has 1 atom stereocenters. The fourth-order valence-corrected chi connectivity index (χ4v) is 2.54. The summed E-state index contributed by atoms with van der Waals surface area (Å²) < 4.78 is 0. The number of hydrogen-bond donors (Lipinski definition) is 2. The van der Waals surface area contributed by atoms with Gasteiger partial charge in [-0.2, -0.15) is 0 Å². The fraction of sp³-hybridized carbons (Fsp3) is 0.200. The highest BCUT2D eigenvalue weighted by Gasteiger charge is 2.15. The molecule has 5 heteroatoms. The van der Waals surface area contributed by atoms with Crippen molar-refractivity contribution in [2.75, 3.05) is 11.1 Å². The number of nitrogen functional groups attached to an aromatic ring is 1. The largest absolute Gasteiger partial charge is 0.399 e. The molecule has 1 unspecified atom stereocenters. The minimum Gasteiger partial charge on any atom is -0.399 e. The number of nitrogens with two attached hydrogens (primary N) is 1. The van der Waals surface area contributed by atoms with Crippen LogP contribution in [0.4, 0.5) is 11.4 Å². The van der Waals surface area contributed by atoms with E-state index in [1.165, 1.54) is 11.8 Å². The Bertz CT molecular complexity index is 601. The van der Waals surface area contributed by atoms with E-state index < -0.39 is 0 Å². The van der Waals surface area contributed by atoms with Crippen LogP contribution in [0.3, 0.4) is 0 Å². The van der Waals surface area contributed by atoms with E-state index in [0.29, 0.717) is 5.69 Å². The monoisotopic (exact) mass is 287 g/mol. The molecule has 0 radical (unpaired) electrons. The molecule has 4 nitrogen and oxygen atoms in total. The van der Waals surface area contributed by atoms with Gasteiger partial charge in [-0.05, 0) is 43.7 Å². The minimum atomic E-state index is -0.196. The Morgan fingerprint density at radius 1 is 1.30 bits per heavy atom. The number of carbonyl (C=O) groups excluding carboxylic acids is 1. The number of aryl methyl sites for hydroxylation is 1. The van der Waals surface area contributed by atoms with Crippen LogP contribution in [0.5, 0.6) is 0 Å². The highest BCUT2D eigenvalue weighted by atomic mass is 32.2. The second kappa shape index (κ2) is 6.43. The molecule has 0 bridgehead atoms. The molecule has 1 amide bonds. The lowest BCUT2D eigenvalue weighted by Gasteiger charge is -2.14. The quantitative estimate of drug-likeness (QED) is 0.670. The van der Waals surface area contributed by atoms with Crippen LogP contribution in [0, 0.1) is 6.92 Å². The number of nitrogens with one attached hydrogen (secondary N) is 1. The molecule has 0 aliphatic carbocycles. The van der Waals surface area contributed by atoms with Gasteiger partial charge in [-0.25, -0.2) is 0 Å². The van der Waals surface area contributed by atoms with Gasteiger partial charge >= 0.3 is 0 Å². The first-order chi connectivity index (χ1) is 9.56. The molecule has 1 heterocycles. The number of thioether (sulfide) groups is 1.